The van der Waals surface area contributed by atoms with E-state index in [2.05, 4.69) is 6.58 Å². The topological polar surface area (TPSA) is 52.3 Å². The van der Waals surface area contributed by atoms with Crippen molar-refractivity contribution in [1.29, 1.82) is 0 Å². The van der Waals surface area contributed by atoms with E-state index in [1.165, 1.54) is 18.2 Å². The first-order valence-electron chi connectivity index (χ1n) is 4.91. The van der Waals surface area contributed by atoms with Gasteiger partial charge >= 0.3 is 5.97 Å². The first-order valence-corrected chi connectivity index (χ1v) is 4.91. The molecule has 0 bridgehead atoms. The Labute approximate surface area is 106 Å². The van der Waals surface area contributed by atoms with Gasteiger partial charge in [0.05, 0.1) is 0 Å². The smallest absolute Gasteiger partial charge is 0.323 e. The molecule has 5 heteroatoms. The molecule has 94 valence electrons. The van der Waals surface area contributed by atoms with Crippen molar-refractivity contribution in [2.75, 3.05) is 6.61 Å². The molecule has 0 saturated heterocycles. The number of benzene rings is 1. The van der Waals surface area contributed by atoms with E-state index < -0.39 is 12.0 Å². The molecule has 0 fully saturated rings. The second-order valence-electron chi connectivity index (χ2n) is 3.36. The number of rotatable bonds is 5. The van der Waals surface area contributed by atoms with Gasteiger partial charge in [-0.05, 0) is 24.1 Å². The van der Waals surface area contributed by atoms with Crippen LogP contribution >= 0.6 is 12.4 Å². The fourth-order valence-electron chi connectivity index (χ4n) is 1.21. The summed E-state index contributed by atoms with van der Waals surface area (Å²) in [4.78, 5) is 11.3. The molecule has 1 rings (SSSR count). The van der Waals surface area contributed by atoms with Crippen LogP contribution < -0.4 is 5.73 Å². The summed E-state index contributed by atoms with van der Waals surface area (Å²) in [7, 11) is 0. The van der Waals surface area contributed by atoms with Crippen LogP contribution in [0.1, 0.15) is 5.56 Å². The van der Waals surface area contributed by atoms with Crippen molar-refractivity contribution in [3.05, 3.63) is 48.3 Å². The number of hydrogen-bond donors (Lipinski definition) is 1. The first kappa shape index (κ1) is 15.6. The maximum absolute atomic E-state index is 12.6. The molecule has 0 aromatic heterocycles. The molecule has 0 heterocycles. The zero-order chi connectivity index (χ0) is 12.0. The zero-order valence-electron chi connectivity index (χ0n) is 9.27. The van der Waals surface area contributed by atoms with Gasteiger partial charge in [0.2, 0.25) is 0 Å². The Bertz CT molecular complexity index is 367. The van der Waals surface area contributed by atoms with Gasteiger partial charge in [-0.2, -0.15) is 0 Å². The molecule has 0 aliphatic heterocycles. The van der Waals surface area contributed by atoms with Crippen molar-refractivity contribution in [2.45, 2.75) is 12.5 Å². The lowest BCUT2D eigenvalue weighted by Gasteiger charge is -2.10. The van der Waals surface area contributed by atoms with Crippen molar-refractivity contribution >= 4 is 18.4 Å². The zero-order valence-corrected chi connectivity index (χ0v) is 10.1. The summed E-state index contributed by atoms with van der Waals surface area (Å²) in [6.07, 6.45) is 1.80. The Morgan fingerprint density at radius 2 is 2.06 bits per heavy atom. The van der Waals surface area contributed by atoms with Crippen molar-refractivity contribution < 1.29 is 13.9 Å². The molecule has 2 N–H and O–H groups in total. The van der Waals surface area contributed by atoms with E-state index in [9.17, 15) is 9.18 Å². The van der Waals surface area contributed by atoms with Crippen LogP contribution in [0, 0.1) is 5.82 Å². The highest BCUT2D eigenvalue weighted by Crippen LogP contribution is 2.05. The molecule has 0 saturated carbocycles. The van der Waals surface area contributed by atoms with Gasteiger partial charge in [-0.15, -0.1) is 12.4 Å². The van der Waals surface area contributed by atoms with E-state index in [1.807, 2.05) is 0 Å². The molecule has 0 unspecified atom stereocenters. The SMILES string of the molecule is C=CCOC(=O)[C@@H](N)Cc1ccc(F)cc1.Cl. The highest BCUT2D eigenvalue weighted by Gasteiger charge is 2.14. The van der Waals surface area contributed by atoms with Crippen LogP contribution in [-0.4, -0.2) is 18.6 Å². The van der Waals surface area contributed by atoms with Gasteiger partial charge in [0.25, 0.3) is 0 Å². The van der Waals surface area contributed by atoms with Gasteiger partial charge in [-0.1, -0.05) is 24.8 Å². The number of ether oxygens (including phenoxy) is 1. The first-order chi connectivity index (χ1) is 7.63. The Hall–Kier alpha value is -1.39. The molecule has 0 aliphatic carbocycles. The van der Waals surface area contributed by atoms with E-state index in [0.717, 1.165) is 5.56 Å². The van der Waals surface area contributed by atoms with Crippen LogP contribution in [0.4, 0.5) is 4.39 Å². The second kappa shape index (κ2) is 7.81. The Kier molecular flexibility index (Phi) is 7.18. The summed E-state index contributed by atoms with van der Waals surface area (Å²) in [5.41, 5.74) is 6.42. The summed E-state index contributed by atoms with van der Waals surface area (Å²) in [5.74, 6) is -0.796. The summed E-state index contributed by atoms with van der Waals surface area (Å²) in [6.45, 7) is 3.57. The van der Waals surface area contributed by atoms with E-state index in [1.54, 1.807) is 12.1 Å². The van der Waals surface area contributed by atoms with Crippen molar-refractivity contribution in [3.63, 3.8) is 0 Å². The lowest BCUT2D eigenvalue weighted by molar-refractivity contribution is -0.143. The monoisotopic (exact) mass is 259 g/mol. The fourth-order valence-corrected chi connectivity index (χ4v) is 1.21. The minimum atomic E-state index is -0.731. The predicted molar refractivity (Wildman–Crippen MR) is 66.5 cm³/mol. The van der Waals surface area contributed by atoms with Gasteiger partial charge in [0, 0.05) is 0 Å². The van der Waals surface area contributed by atoms with Gasteiger partial charge < -0.3 is 10.5 Å². The maximum atomic E-state index is 12.6. The van der Waals surface area contributed by atoms with Gasteiger partial charge in [-0.3, -0.25) is 4.79 Å². The standard InChI is InChI=1S/C12H14FNO2.ClH/c1-2-7-16-12(15)11(14)8-9-3-5-10(13)6-4-9;/h2-6,11H,1,7-8,14H2;1H/t11-;/m0./s1. The molecule has 17 heavy (non-hydrogen) atoms. The largest absolute Gasteiger partial charge is 0.460 e. The van der Waals surface area contributed by atoms with Crippen molar-refractivity contribution in [1.82, 2.24) is 0 Å². The summed E-state index contributed by atoms with van der Waals surface area (Å²) in [5, 5.41) is 0. The molecular formula is C12H15ClFNO2. The molecule has 0 aliphatic rings. The van der Waals surface area contributed by atoms with E-state index in [4.69, 9.17) is 10.5 Å². The highest BCUT2D eigenvalue weighted by molar-refractivity contribution is 5.85. The van der Waals surface area contributed by atoms with Crippen molar-refractivity contribution in [2.24, 2.45) is 5.73 Å². The van der Waals surface area contributed by atoms with Crippen LogP contribution in [0.2, 0.25) is 0 Å². The Morgan fingerprint density at radius 1 is 1.47 bits per heavy atom. The third-order valence-electron chi connectivity index (χ3n) is 2.02. The van der Waals surface area contributed by atoms with Gasteiger partial charge in [0.15, 0.2) is 0 Å². The average Bonchev–Trinajstić information content (AvgIpc) is 2.29. The summed E-state index contributed by atoms with van der Waals surface area (Å²) in [6, 6.07) is 5.12. The normalized spacial score (nSPS) is 11.2. The lowest BCUT2D eigenvalue weighted by atomic mass is 10.1. The fraction of sp³-hybridized carbons (Fsp3) is 0.250. The maximum Gasteiger partial charge on any atom is 0.323 e. The van der Waals surface area contributed by atoms with Crippen LogP contribution in [0.25, 0.3) is 0 Å². The molecule has 0 radical (unpaired) electrons. The van der Waals surface area contributed by atoms with E-state index in [0.29, 0.717) is 6.42 Å². The Morgan fingerprint density at radius 3 is 2.59 bits per heavy atom. The number of carbonyl (C=O) groups excluding carboxylic acids is 1. The van der Waals surface area contributed by atoms with Gasteiger partial charge in [-0.25, -0.2) is 4.39 Å². The predicted octanol–water partition coefficient (Wildman–Crippen LogP) is 1.85. The third kappa shape index (κ3) is 5.47. The molecular weight excluding hydrogens is 245 g/mol. The number of nitrogens with two attached hydrogens (primary N) is 1. The molecule has 3 nitrogen and oxygen atoms in total. The van der Waals surface area contributed by atoms with E-state index in [-0.39, 0.29) is 24.8 Å². The lowest BCUT2D eigenvalue weighted by Crippen LogP contribution is -2.34. The molecule has 1 aromatic carbocycles. The number of halogens is 2. The second-order valence-corrected chi connectivity index (χ2v) is 3.36. The average molecular weight is 260 g/mol. The number of carbonyl (C=O) groups is 1. The van der Waals surface area contributed by atoms with Crippen molar-refractivity contribution in [3.8, 4) is 0 Å². The highest BCUT2D eigenvalue weighted by atomic mass is 35.5. The van der Waals surface area contributed by atoms with Crippen LogP contribution in [0.5, 0.6) is 0 Å². The van der Waals surface area contributed by atoms with Crippen LogP contribution in [0.15, 0.2) is 36.9 Å². The summed E-state index contributed by atoms with van der Waals surface area (Å²) < 4.78 is 17.4. The van der Waals surface area contributed by atoms with E-state index >= 15 is 0 Å². The molecule has 0 amide bonds. The quantitative estimate of drug-likeness (QED) is 0.649. The molecule has 1 atom stereocenters. The minimum absolute atomic E-state index is 0. The minimum Gasteiger partial charge on any atom is -0.460 e. The molecule has 1 aromatic rings. The van der Waals surface area contributed by atoms with Gasteiger partial charge in [0.1, 0.15) is 18.5 Å². The summed E-state index contributed by atoms with van der Waals surface area (Å²) >= 11 is 0. The van der Waals surface area contributed by atoms with Crippen LogP contribution in [-0.2, 0) is 16.0 Å². The number of esters is 1. The molecule has 0 spiro atoms. The number of hydrogen-bond acceptors (Lipinski definition) is 3. The Balaban J connectivity index is 0.00000256. The third-order valence-corrected chi connectivity index (χ3v) is 2.02. The van der Waals surface area contributed by atoms with Crippen LogP contribution in [0.3, 0.4) is 0 Å².